The number of benzene rings is 1. The van der Waals surface area contributed by atoms with Crippen molar-refractivity contribution in [2.24, 2.45) is 5.92 Å². The van der Waals surface area contributed by atoms with Crippen molar-refractivity contribution in [1.82, 2.24) is 0 Å². The Morgan fingerprint density at radius 1 is 1.16 bits per heavy atom. The van der Waals surface area contributed by atoms with E-state index in [2.05, 4.69) is 29.6 Å². The first kappa shape index (κ1) is 13.1. The number of ether oxygens (including phenoxy) is 1. The van der Waals surface area contributed by atoms with E-state index in [0.29, 0.717) is 6.10 Å². The summed E-state index contributed by atoms with van der Waals surface area (Å²) in [7, 11) is 0. The molecule has 19 heavy (non-hydrogen) atoms. The van der Waals surface area contributed by atoms with E-state index < -0.39 is 0 Å². The fraction of sp³-hybridized carbons (Fsp3) is 0.647. The molecule has 104 valence electrons. The molecule has 1 aromatic rings. The Hall–Kier alpha value is -0.860. The van der Waals surface area contributed by atoms with E-state index in [4.69, 9.17) is 4.74 Å². The van der Waals surface area contributed by atoms with Crippen molar-refractivity contribution in [3.05, 3.63) is 35.4 Å². The third-order valence-corrected chi connectivity index (χ3v) is 4.73. The number of hydrogen-bond acceptors (Lipinski definition) is 1. The van der Waals surface area contributed by atoms with E-state index in [0.717, 1.165) is 25.5 Å². The molecule has 1 saturated carbocycles. The van der Waals surface area contributed by atoms with Crippen molar-refractivity contribution in [1.29, 1.82) is 0 Å². The van der Waals surface area contributed by atoms with Crippen molar-refractivity contribution in [2.75, 3.05) is 19.7 Å². The highest BCUT2D eigenvalue weighted by Gasteiger charge is 2.22. The largest absolute Gasteiger partial charge is 0.367 e. The zero-order chi connectivity index (χ0) is 12.9. The van der Waals surface area contributed by atoms with Crippen LogP contribution in [-0.2, 0) is 11.2 Å². The molecule has 0 bridgehead atoms. The molecule has 1 atom stereocenters. The molecule has 3 rings (SSSR count). The lowest BCUT2D eigenvalue weighted by Gasteiger charge is -2.25. The van der Waals surface area contributed by atoms with Gasteiger partial charge in [0.05, 0.1) is 13.2 Å². The van der Waals surface area contributed by atoms with Gasteiger partial charge < -0.3 is 10.1 Å². The Labute approximate surface area is 116 Å². The van der Waals surface area contributed by atoms with Crippen LogP contribution in [0.4, 0.5) is 0 Å². The van der Waals surface area contributed by atoms with Crippen LogP contribution in [0.3, 0.4) is 0 Å². The van der Waals surface area contributed by atoms with Crippen LogP contribution in [0.2, 0.25) is 0 Å². The molecule has 0 unspecified atom stereocenters. The van der Waals surface area contributed by atoms with Gasteiger partial charge in [0.15, 0.2) is 0 Å². The molecule has 1 aromatic carbocycles. The Morgan fingerprint density at radius 2 is 2.00 bits per heavy atom. The maximum atomic E-state index is 5.95. The minimum Gasteiger partial charge on any atom is -0.367 e. The molecule has 0 radical (unpaired) electrons. The lowest BCUT2D eigenvalue weighted by molar-refractivity contribution is -0.663. The Morgan fingerprint density at radius 3 is 2.89 bits per heavy atom. The summed E-state index contributed by atoms with van der Waals surface area (Å²) in [6.07, 6.45) is 8.65. The summed E-state index contributed by atoms with van der Waals surface area (Å²) in [5.74, 6) is 1.01. The van der Waals surface area contributed by atoms with Crippen LogP contribution in [0.1, 0.15) is 49.3 Å². The fourth-order valence-corrected chi connectivity index (χ4v) is 3.59. The maximum Gasteiger partial charge on any atom is 0.131 e. The second-order valence-corrected chi connectivity index (χ2v) is 6.06. The van der Waals surface area contributed by atoms with Crippen LogP contribution in [-0.4, -0.2) is 19.7 Å². The highest BCUT2D eigenvalue weighted by molar-refractivity contribution is 5.30. The van der Waals surface area contributed by atoms with Gasteiger partial charge in [-0.2, -0.15) is 0 Å². The summed E-state index contributed by atoms with van der Waals surface area (Å²) in [5.41, 5.74) is 2.91. The molecule has 0 amide bonds. The van der Waals surface area contributed by atoms with Gasteiger partial charge in [-0.1, -0.05) is 49.9 Å². The molecule has 1 heterocycles. The summed E-state index contributed by atoms with van der Waals surface area (Å²) in [6.45, 7) is 3.24. The fourth-order valence-electron chi connectivity index (χ4n) is 3.59. The minimum absolute atomic E-state index is 0.313. The predicted octanol–water partition coefficient (Wildman–Crippen LogP) is 2.44. The summed E-state index contributed by atoms with van der Waals surface area (Å²) in [5, 5.41) is 2.46. The quantitative estimate of drug-likeness (QED) is 0.809. The number of quaternary nitrogens is 1. The van der Waals surface area contributed by atoms with Gasteiger partial charge >= 0.3 is 0 Å². The van der Waals surface area contributed by atoms with Crippen molar-refractivity contribution >= 4 is 0 Å². The Balaban J connectivity index is 1.45. The summed E-state index contributed by atoms with van der Waals surface area (Å²) in [6, 6.07) is 8.78. The van der Waals surface area contributed by atoms with Crippen LogP contribution in [0.15, 0.2) is 24.3 Å². The Bertz CT molecular complexity index is 398. The highest BCUT2D eigenvalue weighted by atomic mass is 16.5. The van der Waals surface area contributed by atoms with Gasteiger partial charge in [0.1, 0.15) is 12.6 Å². The third-order valence-electron chi connectivity index (χ3n) is 4.73. The molecule has 0 spiro atoms. The van der Waals surface area contributed by atoms with Crippen molar-refractivity contribution in [2.45, 2.75) is 44.6 Å². The van der Waals surface area contributed by atoms with Gasteiger partial charge in [0.25, 0.3) is 0 Å². The monoisotopic (exact) mass is 260 g/mol. The molecular weight excluding hydrogens is 234 g/mol. The number of fused-ring (bicyclic) bond motifs is 1. The minimum atomic E-state index is 0.313. The van der Waals surface area contributed by atoms with Crippen LogP contribution >= 0.6 is 0 Å². The van der Waals surface area contributed by atoms with E-state index in [1.807, 2.05) is 0 Å². The normalized spacial score (nSPS) is 23.5. The van der Waals surface area contributed by atoms with Crippen LogP contribution in [0.5, 0.6) is 0 Å². The van der Waals surface area contributed by atoms with Crippen LogP contribution in [0.25, 0.3) is 0 Å². The summed E-state index contributed by atoms with van der Waals surface area (Å²) >= 11 is 0. The molecule has 1 aliphatic carbocycles. The average molecular weight is 260 g/mol. The number of nitrogens with two attached hydrogens (primary N) is 1. The first-order valence-corrected chi connectivity index (χ1v) is 7.94. The highest BCUT2D eigenvalue weighted by Crippen LogP contribution is 2.27. The van der Waals surface area contributed by atoms with E-state index in [9.17, 15) is 0 Å². The van der Waals surface area contributed by atoms with Crippen LogP contribution < -0.4 is 5.32 Å². The van der Waals surface area contributed by atoms with E-state index in [1.165, 1.54) is 49.8 Å². The maximum absolute atomic E-state index is 5.95. The van der Waals surface area contributed by atoms with Gasteiger partial charge in [-0.05, 0) is 29.9 Å². The summed E-state index contributed by atoms with van der Waals surface area (Å²) < 4.78 is 5.95. The predicted molar refractivity (Wildman–Crippen MR) is 77.1 cm³/mol. The van der Waals surface area contributed by atoms with E-state index in [-0.39, 0.29) is 0 Å². The van der Waals surface area contributed by atoms with Crippen molar-refractivity contribution in [3.8, 4) is 0 Å². The SMILES string of the molecule is c1ccc2c(c1)CCO[C@@H]2C[NH2+]CCC1CCCC1. The molecule has 2 N–H and O–H groups in total. The zero-order valence-electron chi connectivity index (χ0n) is 11.8. The van der Waals surface area contributed by atoms with Gasteiger partial charge in [-0.25, -0.2) is 0 Å². The van der Waals surface area contributed by atoms with Crippen molar-refractivity contribution < 1.29 is 10.1 Å². The molecular formula is C17H26NO+. The molecule has 0 aromatic heterocycles. The first-order chi connectivity index (χ1) is 9.43. The van der Waals surface area contributed by atoms with Gasteiger partial charge in [-0.15, -0.1) is 0 Å². The van der Waals surface area contributed by atoms with Crippen LogP contribution in [0, 0.1) is 5.92 Å². The number of hydrogen-bond donors (Lipinski definition) is 1. The topological polar surface area (TPSA) is 25.8 Å². The van der Waals surface area contributed by atoms with Crippen molar-refractivity contribution in [3.63, 3.8) is 0 Å². The molecule has 2 aliphatic rings. The Kier molecular flexibility index (Phi) is 4.52. The van der Waals surface area contributed by atoms with Gasteiger partial charge in [0, 0.05) is 0 Å². The van der Waals surface area contributed by atoms with Gasteiger partial charge in [0.2, 0.25) is 0 Å². The second kappa shape index (κ2) is 6.53. The smallest absolute Gasteiger partial charge is 0.131 e. The first-order valence-electron chi connectivity index (χ1n) is 7.94. The third kappa shape index (κ3) is 3.37. The lowest BCUT2D eigenvalue weighted by Crippen LogP contribution is -2.85. The lowest BCUT2D eigenvalue weighted by atomic mass is 9.97. The molecule has 0 saturated heterocycles. The second-order valence-electron chi connectivity index (χ2n) is 6.06. The summed E-state index contributed by atoms with van der Waals surface area (Å²) in [4.78, 5) is 0. The molecule has 1 aliphatic heterocycles. The molecule has 2 heteroatoms. The van der Waals surface area contributed by atoms with Gasteiger partial charge in [-0.3, -0.25) is 0 Å². The average Bonchev–Trinajstić information content (AvgIpc) is 2.97. The van der Waals surface area contributed by atoms with E-state index in [1.54, 1.807) is 0 Å². The van der Waals surface area contributed by atoms with E-state index >= 15 is 0 Å². The molecule has 2 nitrogen and oxygen atoms in total. The number of rotatable bonds is 5. The zero-order valence-corrected chi connectivity index (χ0v) is 11.8. The standard InChI is InChI=1S/C17H25NO/c1-2-6-14(5-1)9-11-18-13-17-16-8-4-3-7-15(16)10-12-19-17/h3-4,7-8,14,17-18H,1-2,5-6,9-13H2/p+1/t17-/m1/s1. The molecule has 1 fully saturated rings.